The number of para-hydroxylation sites is 1. The van der Waals surface area contributed by atoms with E-state index in [4.69, 9.17) is 20.5 Å². The minimum Gasteiger partial charge on any atom is -0.465 e. The van der Waals surface area contributed by atoms with Crippen LogP contribution in [0.5, 0.6) is 5.75 Å². The molecule has 0 aromatic heterocycles. The Bertz CT molecular complexity index is 440. The zero-order valence-electron chi connectivity index (χ0n) is 10.1. The van der Waals surface area contributed by atoms with Crippen LogP contribution >= 0.6 is 18.1 Å². The number of carbonyl (C=O) groups excluding carboxylic acids is 1. The lowest BCUT2D eigenvalue weighted by molar-refractivity contribution is -0.144. The van der Waals surface area contributed by atoms with E-state index in [0.717, 1.165) is 0 Å². The van der Waals surface area contributed by atoms with Crippen LogP contribution in [0.3, 0.4) is 0 Å². The third kappa shape index (κ3) is 5.08. The maximum atomic E-state index is 11.9. The van der Waals surface area contributed by atoms with Crippen molar-refractivity contribution >= 4 is 24.1 Å². The molecule has 0 amide bonds. The van der Waals surface area contributed by atoms with Crippen LogP contribution in [0.4, 0.5) is 0 Å². The molecule has 0 saturated carbocycles. The Morgan fingerprint density at radius 3 is 2.61 bits per heavy atom. The number of carbonyl (C=O) groups is 1. The molecular weight excluding hydrogens is 277 g/mol. The van der Waals surface area contributed by atoms with E-state index in [-0.39, 0.29) is 6.61 Å². The molecule has 0 heterocycles. The van der Waals surface area contributed by atoms with E-state index in [2.05, 4.69) is 5.09 Å². The number of hydrogen-bond acceptors (Lipinski definition) is 4. The maximum absolute atomic E-state index is 11.9. The van der Waals surface area contributed by atoms with Crippen LogP contribution in [0.2, 0.25) is 0 Å². The van der Waals surface area contributed by atoms with Crippen LogP contribution in [0.1, 0.15) is 13.8 Å². The Kier molecular flexibility index (Phi) is 5.66. The van der Waals surface area contributed by atoms with Crippen molar-refractivity contribution in [2.45, 2.75) is 19.9 Å². The summed E-state index contributed by atoms with van der Waals surface area (Å²) in [5.74, 6) is -0.172. The third-order valence-corrected chi connectivity index (χ3v) is 3.60. The number of hydrogen-bond donors (Lipinski definition) is 1. The van der Waals surface area contributed by atoms with Gasteiger partial charge in [-0.1, -0.05) is 18.2 Å². The van der Waals surface area contributed by atoms with E-state index in [0.29, 0.717) is 5.75 Å². The van der Waals surface area contributed by atoms with Gasteiger partial charge in [0.15, 0.2) is 0 Å². The average Bonchev–Trinajstić information content (AvgIpc) is 2.29. The van der Waals surface area contributed by atoms with Crippen LogP contribution in [0.25, 0.3) is 0 Å². The molecule has 1 aromatic rings. The molecule has 0 aliphatic rings. The minimum atomic E-state index is -3.63. The van der Waals surface area contributed by atoms with Gasteiger partial charge < -0.3 is 9.26 Å². The van der Waals surface area contributed by atoms with Gasteiger partial charge in [-0.05, 0) is 26.0 Å². The van der Waals surface area contributed by atoms with E-state index >= 15 is 0 Å². The standard InChI is InChI=1S/C11H15ClNO4P/c1-3-16-11(14)9(2)13-18(12,15)17-10-7-5-4-6-8-10/h4-9H,3H2,1-2H3,(H,13,15). The first-order valence-corrected chi connectivity index (χ1v) is 7.96. The van der Waals surface area contributed by atoms with Gasteiger partial charge in [-0.15, -0.1) is 0 Å². The highest BCUT2D eigenvalue weighted by atomic mass is 35.7. The highest BCUT2D eigenvalue weighted by molar-refractivity contribution is 7.84. The van der Waals surface area contributed by atoms with Gasteiger partial charge in [-0.3, -0.25) is 4.79 Å². The van der Waals surface area contributed by atoms with E-state index in [1.807, 2.05) is 0 Å². The molecule has 0 spiro atoms. The second-order valence-electron chi connectivity index (χ2n) is 3.49. The van der Waals surface area contributed by atoms with Crippen molar-refractivity contribution in [1.29, 1.82) is 0 Å². The van der Waals surface area contributed by atoms with E-state index in [1.54, 1.807) is 37.3 Å². The molecule has 0 saturated heterocycles. The molecule has 1 aromatic carbocycles. The van der Waals surface area contributed by atoms with Crippen molar-refractivity contribution in [2.75, 3.05) is 6.61 Å². The lowest BCUT2D eigenvalue weighted by Gasteiger charge is -2.17. The van der Waals surface area contributed by atoms with Crippen molar-refractivity contribution < 1.29 is 18.6 Å². The molecule has 7 heteroatoms. The van der Waals surface area contributed by atoms with E-state index in [1.165, 1.54) is 6.92 Å². The maximum Gasteiger partial charge on any atom is 0.409 e. The summed E-state index contributed by atoms with van der Waals surface area (Å²) in [5.41, 5.74) is 0. The first-order valence-electron chi connectivity index (χ1n) is 5.43. The zero-order valence-corrected chi connectivity index (χ0v) is 11.8. The second kappa shape index (κ2) is 6.78. The molecule has 2 atom stereocenters. The van der Waals surface area contributed by atoms with Gasteiger partial charge in [0.25, 0.3) is 0 Å². The number of halogens is 1. The summed E-state index contributed by atoms with van der Waals surface area (Å²) in [4.78, 5) is 11.4. The fourth-order valence-corrected chi connectivity index (χ4v) is 2.89. The fraction of sp³-hybridized carbons (Fsp3) is 0.364. The molecule has 1 rings (SSSR count). The zero-order chi connectivity index (χ0) is 13.6. The van der Waals surface area contributed by atoms with Crippen LogP contribution in [0.15, 0.2) is 30.3 Å². The molecule has 0 bridgehead atoms. The Balaban J connectivity index is 2.59. The van der Waals surface area contributed by atoms with Crippen molar-refractivity contribution in [3.63, 3.8) is 0 Å². The smallest absolute Gasteiger partial charge is 0.409 e. The molecule has 100 valence electrons. The Morgan fingerprint density at radius 2 is 2.06 bits per heavy atom. The first-order chi connectivity index (χ1) is 8.44. The van der Waals surface area contributed by atoms with Crippen LogP contribution in [-0.2, 0) is 14.1 Å². The van der Waals surface area contributed by atoms with E-state index < -0.39 is 18.9 Å². The van der Waals surface area contributed by atoms with Crippen molar-refractivity contribution in [3.05, 3.63) is 30.3 Å². The normalized spacial score (nSPS) is 15.5. The van der Waals surface area contributed by atoms with Crippen molar-refractivity contribution in [1.82, 2.24) is 5.09 Å². The largest absolute Gasteiger partial charge is 0.465 e. The molecule has 1 N–H and O–H groups in total. The molecule has 0 radical (unpaired) electrons. The molecular formula is C11H15ClNO4P. The predicted octanol–water partition coefficient (Wildman–Crippen LogP) is 2.95. The van der Waals surface area contributed by atoms with Gasteiger partial charge in [-0.2, -0.15) is 0 Å². The molecule has 0 fully saturated rings. The number of benzene rings is 1. The fourth-order valence-electron chi connectivity index (χ4n) is 1.19. The highest BCUT2D eigenvalue weighted by Crippen LogP contribution is 2.48. The van der Waals surface area contributed by atoms with Crippen molar-refractivity contribution in [2.24, 2.45) is 0 Å². The summed E-state index contributed by atoms with van der Waals surface area (Å²) in [7, 11) is 0. The summed E-state index contributed by atoms with van der Waals surface area (Å²) in [6, 6.07) is 7.66. The lowest BCUT2D eigenvalue weighted by atomic mass is 10.3. The third-order valence-electron chi connectivity index (χ3n) is 1.95. The number of rotatable bonds is 6. The van der Waals surface area contributed by atoms with Gasteiger partial charge >= 0.3 is 12.8 Å². The molecule has 0 aliphatic heterocycles. The Morgan fingerprint density at radius 1 is 1.44 bits per heavy atom. The van der Waals surface area contributed by atoms with Crippen LogP contribution in [-0.4, -0.2) is 18.6 Å². The number of esters is 1. The Hall–Kier alpha value is -1.03. The highest BCUT2D eigenvalue weighted by Gasteiger charge is 2.27. The van der Waals surface area contributed by atoms with E-state index in [9.17, 15) is 9.36 Å². The van der Waals surface area contributed by atoms with Crippen LogP contribution in [0, 0.1) is 0 Å². The minimum absolute atomic E-state index is 0.247. The van der Waals surface area contributed by atoms with Crippen molar-refractivity contribution in [3.8, 4) is 5.75 Å². The topological polar surface area (TPSA) is 64.6 Å². The van der Waals surface area contributed by atoms with Gasteiger partial charge in [-0.25, -0.2) is 9.65 Å². The van der Waals surface area contributed by atoms with Gasteiger partial charge in [0.05, 0.1) is 6.61 Å². The first kappa shape index (κ1) is 15.0. The van der Waals surface area contributed by atoms with Crippen LogP contribution < -0.4 is 9.61 Å². The lowest BCUT2D eigenvalue weighted by Crippen LogP contribution is -2.33. The SMILES string of the molecule is CCOC(=O)C(C)NP(=O)(Cl)Oc1ccccc1. The molecule has 0 aliphatic carbocycles. The monoisotopic (exact) mass is 291 g/mol. The summed E-state index contributed by atoms with van der Waals surface area (Å²) in [6.07, 6.45) is 0. The second-order valence-corrected chi connectivity index (χ2v) is 6.22. The quantitative estimate of drug-likeness (QED) is 0.645. The van der Waals surface area contributed by atoms with Gasteiger partial charge in [0.2, 0.25) is 0 Å². The summed E-state index contributed by atoms with van der Waals surface area (Å²) >= 11 is 5.72. The summed E-state index contributed by atoms with van der Waals surface area (Å²) in [5, 5.41) is 2.41. The van der Waals surface area contributed by atoms with Gasteiger partial charge in [0, 0.05) is 11.2 Å². The summed E-state index contributed by atoms with van der Waals surface area (Å²) in [6.45, 7) is -0.192. The predicted molar refractivity (Wildman–Crippen MR) is 69.8 cm³/mol. The number of nitrogens with one attached hydrogen (secondary N) is 1. The number of ether oxygens (including phenoxy) is 1. The molecule has 18 heavy (non-hydrogen) atoms. The van der Waals surface area contributed by atoms with Gasteiger partial charge in [0.1, 0.15) is 11.8 Å². The molecule has 5 nitrogen and oxygen atoms in total. The average molecular weight is 292 g/mol. The summed E-state index contributed by atoms with van der Waals surface area (Å²) < 4.78 is 21.8. The molecule has 2 unspecified atom stereocenters. The Labute approximate surface area is 111 Å².